The lowest BCUT2D eigenvalue weighted by atomic mass is 9.96. The highest BCUT2D eigenvalue weighted by atomic mass is 32.2. The monoisotopic (exact) mass is 481 g/mol. The zero-order valence-electron chi connectivity index (χ0n) is 19.2. The predicted octanol–water partition coefficient (Wildman–Crippen LogP) is 4.27. The van der Waals surface area contributed by atoms with Crippen LogP contribution in [0.3, 0.4) is 0 Å². The number of para-hydroxylation sites is 1. The number of halogens is 1. The number of nitrogens with zero attached hydrogens (tertiary/aromatic N) is 3. The number of hydrogen-bond acceptors (Lipinski definition) is 4. The molecule has 1 aliphatic heterocycles. The van der Waals surface area contributed by atoms with E-state index in [2.05, 4.69) is 4.98 Å². The number of pyridine rings is 1. The average molecular weight is 482 g/mol. The second kappa shape index (κ2) is 9.07. The molecule has 0 spiro atoms. The number of amides is 1. The fourth-order valence-electron chi connectivity index (χ4n) is 4.75. The van der Waals surface area contributed by atoms with Gasteiger partial charge in [-0.1, -0.05) is 30.3 Å². The van der Waals surface area contributed by atoms with Crippen LogP contribution in [0.5, 0.6) is 0 Å². The van der Waals surface area contributed by atoms with E-state index in [-0.39, 0.29) is 48.2 Å². The predicted molar refractivity (Wildman–Crippen MR) is 128 cm³/mol. The Hall–Kier alpha value is -2.84. The van der Waals surface area contributed by atoms with Crippen molar-refractivity contribution in [2.45, 2.75) is 50.1 Å². The Morgan fingerprint density at radius 2 is 1.82 bits per heavy atom. The van der Waals surface area contributed by atoms with Gasteiger partial charge in [0.15, 0.2) is 0 Å². The summed E-state index contributed by atoms with van der Waals surface area (Å²) in [6.07, 6.45) is 4.45. The smallest absolute Gasteiger partial charge is 0.245 e. The minimum atomic E-state index is -3.73. The summed E-state index contributed by atoms with van der Waals surface area (Å²) in [6.45, 7) is 2.74. The van der Waals surface area contributed by atoms with Crippen molar-refractivity contribution in [1.82, 2.24) is 14.2 Å². The maximum Gasteiger partial charge on any atom is 0.245 e. The third kappa shape index (κ3) is 4.44. The molecular formula is C26H28FN3O3S. The van der Waals surface area contributed by atoms with Gasteiger partial charge >= 0.3 is 0 Å². The zero-order chi connectivity index (χ0) is 23.9. The highest BCUT2D eigenvalue weighted by molar-refractivity contribution is 7.89. The van der Waals surface area contributed by atoms with Crippen LogP contribution in [0.4, 0.5) is 4.39 Å². The molecule has 2 heterocycles. The van der Waals surface area contributed by atoms with Gasteiger partial charge in [0.2, 0.25) is 15.9 Å². The van der Waals surface area contributed by atoms with Crippen LogP contribution in [0.2, 0.25) is 0 Å². The third-order valence-corrected chi connectivity index (χ3v) is 8.73. The van der Waals surface area contributed by atoms with E-state index in [9.17, 15) is 17.6 Å². The Morgan fingerprint density at radius 1 is 1.09 bits per heavy atom. The van der Waals surface area contributed by atoms with Gasteiger partial charge in [-0.3, -0.25) is 9.78 Å². The molecule has 0 atom stereocenters. The molecule has 1 saturated heterocycles. The van der Waals surface area contributed by atoms with Crippen molar-refractivity contribution in [2.75, 3.05) is 13.1 Å². The highest BCUT2D eigenvalue weighted by Gasteiger charge is 2.39. The Bertz CT molecular complexity index is 1330. The maximum absolute atomic E-state index is 14.2. The van der Waals surface area contributed by atoms with Gasteiger partial charge in [0.25, 0.3) is 0 Å². The van der Waals surface area contributed by atoms with Crippen molar-refractivity contribution < 1.29 is 17.6 Å². The van der Waals surface area contributed by atoms with Gasteiger partial charge in [-0.05, 0) is 56.4 Å². The van der Waals surface area contributed by atoms with E-state index < -0.39 is 10.0 Å². The van der Waals surface area contributed by atoms with Crippen LogP contribution in [-0.4, -0.2) is 47.6 Å². The molecule has 2 aromatic carbocycles. The summed E-state index contributed by atoms with van der Waals surface area (Å²) in [5.41, 5.74) is 1.95. The number of carbonyl (C=O) groups excluding carboxylic acids is 1. The first kappa shape index (κ1) is 22.9. The Labute approximate surface area is 199 Å². The van der Waals surface area contributed by atoms with Gasteiger partial charge in [-0.2, -0.15) is 4.31 Å². The molecule has 0 radical (unpaired) electrons. The Morgan fingerprint density at radius 3 is 2.53 bits per heavy atom. The second-order valence-corrected chi connectivity index (χ2v) is 11.2. The lowest BCUT2D eigenvalue weighted by Gasteiger charge is -2.34. The molecule has 0 N–H and O–H groups in total. The summed E-state index contributed by atoms with van der Waals surface area (Å²) < 4.78 is 42.5. The fourth-order valence-corrected chi connectivity index (χ4v) is 6.39. The zero-order valence-corrected chi connectivity index (χ0v) is 20.0. The number of aromatic nitrogens is 1. The standard InChI is InChI=1S/C26H28FN3O3S/c1-18-15-20-6-4-8-24(25(20)28-16-18)34(32,33)29-13-11-19(12-14-29)26(31)30(22-9-10-22)17-21-5-2-3-7-23(21)27/h2-8,15-16,19,22H,9-14,17H2,1H3. The van der Waals surface area contributed by atoms with E-state index >= 15 is 0 Å². The average Bonchev–Trinajstić information content (AvgIpc) is 3.68. The molecule has 2 fully saturated rings. The topological polar surface area (TPSA) is 70.6 Å². The molecule has 0 unspecified atom stereocenters. The van der Waals surface area contributed by atoms with E-state index in [1.807, 2.05) is 19.1 Å². The second-order valence-electron chi connectivity index (χ2n) is 9.31. The normalized spacial score (nSPS) is 17.7. The summed E-state index contributed by atoms with van der Waals surface area (Å²) in [7, 11) is -3.73. The summed E-state index contributed by atoms with van der Waals surface area (Å²) in [5, 5.41) is 0.791. The number of hydrogen-bond donors (Lipinski definition) is 0. The van der Waals surface area contributed by atoms with Crippen molar-refractivity contribution in [3.8, 4) is 0 Å². The van der Waals surface area contributed by atoms with E-state index in [0.717, 1.165) is 23.8 Å². The minimum Gasteiger partial charge on any atom is -0.335 e. The molecule has 2 aliphatic rings. The van der Waals surface area contributed by atoms with E-state index in [0.29, 0.717) is 23.9 Å². The van der Waals surface area contributed by atoms with E-state index in [1.165, 1.54) is 10.4 Å². The molecule has 5 rings (SSSR count). The van der Waals surface area contributed by atoms with Crippen LogP contribution < -0.4 is 0 Å². The maximum atomic E-state index is 14.2. The van der Waals surface area contributed by atoms with Gasteiger partial charge in [0.05, 0.1) is 5.52 Å². The highest BCUT2D eigenvalue weighted by Crippen LogP contribution is 2.33. The molecule has 0 bridgehead atoms. The molecule has 1 saturated carbocycles. The molecule has 3 aromatic rings. The number of aryl methyl sites for hydroxylation is 1. The van der Waals surface area contributed by atoms with Crippen LogP contribution in [0.1, 0.15) is 36.8 Å². The SMILES string of the molecule is Cc1cnc2c(S(=O)(=O)N3CCC(C(=O)N(Cc4ccccc4F)C4CC4)CC3)cccc2c1. The quantitative estimate of drug-likeness (QED) is 0.527. The van der Waals surface area contributed by atoms with E-state index in [4.69, 9.17) is 0 Å². The number of carbonyl (C=O) groups is 1. The third-order valence-electron chi connectivity index (χ3n) is 6.80. The van der Waals surface area contributed by atoms with Crippen molar-refractivity contribution in [3.05, 3.63) is 71.7 Å². The molecule has 1 aliphatic carbocycles. The van der Waals surface area contributed by atoms with Gasteiger partial charge in [-0.25, -0.2) is 12.8 Å². The van der Waals surface area contributed by atoms with Crippen LogP contribution in [0.15, 0.2) is 59.6 Å². The number of fused-ring (bicyclic) bond motifs is 1. The summed E-state index contributed by atoms with van der Waals surface area (Å²) in [4.78, 5) is 19.7. The molecule has 6 nitrogen and oxygen atoms in total. The van der Waals surface area contributed by atoms with Crippen molar-refractivity contribution >= 4 is 26.8 Å². The fraction of sp³-hybridized carbons (Fsp3) is 0.385. The molecular weight excluding hydrogens is 453 g/mol. The van der Waals surface area contributed by atoms with Crippen LogP contribution in [-0.2, 0) is 21.4 Å². The largest absolute Gasteiger partial charge is 0.335 e. The minimum absolute atomic E-state index is 0.00473. The Balaban J connectivity index is 1.30. The number of piperidine rings is 1. The van der Waals surface area contributed by atoms with Gasteiger partial charge in [0, 0.05) is 48.7 Å². The lowest BCUT2D eigenvalue weighted by Crippen LogP contribution is -2.45. The van der Waals surface area contributed by atoms with Crippen LogP contribution in [0, 0.1) is 18.7 Å². The number of benzene rings is 2. The lowest BCUT2D eigenvalue weighted by molar-refractivity contribution is -0.138. The van der Waals surface area contributed by atoms with Crippen molar-refractivity contribution in [3.63, 3.8) is 0 Å². The number of sulfonamides is 1. The Kier molecular flexibility index (Phi) is 6.12. The van der Waals surface area contributed by atoms with Gasteiger partial charge < -0.3 is 4.90 Å². The summed E-state index contributed by atoms with van der Waals surface area (Å²) >= 11 is 0. The first-order valence-corrected chi connectivity index (χ1v) is 13.2. The molecule has 178 valence electrons. The van der Waals surface area contributed by atoms with Crippen molar-refractivity contribution in [1.29, 1.82) is 0 Å². The molecule has 8 heteroatoms. The summed E-state index contributed by atoms with van der Waals surface area (Å²) in [6, 6.07) is 13.8. The molecule has 1 aromatic heterocycles. The van der Waals surface area contributed by atoms with Crippen molar-refractivity contribution in [2.24, 2.45) is 5.92 Å². The van der Waals surface area contributed by atoms with E-state index in [1.54, 1.807) is 41.4 Å². The molecule has 34 heavy (non-hydrogen) atoms. The van der Waals surface area contributed by atoms with Gasteiger partial charge in [-0.15, -0.1) is 0 Å². The molecule has 1 amide bonds. The van der Waals surface area contributed by atoms with Gasteiger partial charge in [0.1, 0.15) is 10.7 Å². The number of rotatable bonds is 6. The summed E-state index contributed by atoms with van der Waals surface area (Å²) in [5.74, 6) is -0.557. The van der Waals surface area contributed by atoms with Crippen LogP contribution >= 0.6 is 0 Å². The first-order valence-electron chi connectivity index (χ1n) is 11.7. The van der Waals surface area contributed by atoms with Crippen LogP contribution in [0.25, 0.3) is 10.9 Å². The first-order chi connectivity index (χ1) is 16.3.